The van der Waals surface area contributed by atoms with E-state index in [1.54, 1.807) is 23.1 Å². The van der Waals surface area contributed by atoms with Crippen LogP contribution in [0.5, 0.6) is 0 Å². The largest absolute Gasteiger partial charge is 0.459 e. The Morgan fingerprint density at radius 1 is 1.15 bits per heavy atom. The van der Waals surface area contributed by atoms with Crippen molar-refractivity contribution in [3.05, 3.63) is 41.6 Å². The smallest absolute Gasteiger partial charge is 0.289 e. The van der Waals surface area contributed by atoms with Crippen molar-refractivity contribution < 1.29 is 14.0 Å². The summed E-state index contributed by atoms with van der Waals surface area (Å²) in [5.41, 5.74) is 0.739. The molecule has 1 aliphatic rings. The molecule has 3 rings (SSSR count). The number of aryl methyl sites for hydroxylation is 1. The lowest BCUT2D eigenvalue weighted by Crippen LogP contribution is -2.49. The molecule has 0 bridgehead atoms. The van der Waals surface area contributed by atoms with Crippen molar-refractivity contribution >= 4 is 17.8 Å². The Balaban J connectivity index is 1.69. The number of carbonyl (C=O) groups excluding carboxylic acids is 2. The van der Waals surface area contributed by atoms with Crippen molar-refractivity contribution in [2.24, 2.45) is 0 Å². The number of hydrogen-bond acceptors (Lipinski definition) is 6. The minimum absolute atomic E-state index is 0.116. The fourth-order valence-corrected chi connectivity index (χ4v) is 2.88. The lowest BCUT2D eigenvalue weighted by atomic mass is 10.1. The molecule has 0 saturated carbocycles. The fraction of sp³-hybridized carbons (Fsp3) is 0.474. The summed E-state index contributed by atoms with van der Waals surface area (Å²) >= 11 is 0. The van der Waals surface area contributed by atoms with Crippen molar-refractivity contribution in [2.75, 3.05) is 31.1 Å². The Morgan fingerprint density at radius 2 is 1.85 bits per heavy atom. The maximum Gasteiger partial charge on any atom is 0.289 e. The summed E-state index contributed by atoms with van der Waals surface area (Å²) in [7, 11) is 0. The number of anilines is 1. The predicted molar refractivity (Wildman–Crippen MR) is 101 cm³/mol. The van der Waals surface area contributed by atoms with Gasteiger partial charge in [-0.15, -0.1) is 0 Å². The third kappa shape index (κ3) is 4.64. The first-order chi connectivity index (χ1) is 12.7. The molecule has 2 aromatic heterocycles. The number of amides is 2. The summed E-state index contributed by atoms with van der Waals surface area (Å²) in [6.45, 7) is 9.89. The molecule has 0 radical (unpaired) electrons. The van der Waals surface area contributed by atoms with Crippen molar-refractivity contribution in [1.29, 1.82) is 0 Å². The van der Waals surface area contributed by atoms with Gasteiger partial charge < -0.3 is 19.5 Å². The molecule has 27 heavy (non-hydrogen) atoms. The molecule has 0 aromatic carbocycles. The second-order valence-corrected chi connectivity index (χ2v) is 7.66. The highest BCUT2D eigenvalue weighted by molar-refractivity contribution is 5.93. The number of aromatic nitrogens is 2. The zero-order valence-electron chi connectivity index (χ0n) is 16.2. The molecular formula is C19H25N5O3. The van der Waals surface area contributed by atoms with E-state index < -0.39 is 0 Å². The number of hydrogen-bond donors (Lipinski definition) is 1. The molecule has 2 aromatic rings. The van der Waals surface area contributed by atoms with Crippen LogP contribution in [0, 0.1) is 6.92 Å². The molecular weight excluding hydrogens is 346 g/mol. The van der Waals surface area contributed by atoms with Gasteiger partial charge in [0, 0.05) is 37.4 Å². The Labute approximate surface area is 158 Å². The van der Waals surface area contributed by atoms with Crippen molar-refractivity contribution in [3.63, 3.8) is 0 Å². The second kappa shape index (κ2) is 7.38. The van der Waals surface area contributed by atoms with Gasteiger partial charge in [-0.25, -0.2) is 9.97 Å². The Bertz CT molecular complexity index is 818. The first-order valence-electron chi connectivity index (χ1n) is 8.99. The van der Waals surface area contributed by atoms with Crippen LogP contribution in [0.1, 0.15) is 47.5 Å². The van der Waals surface area contributed by atoms with Gasteiger partial charge in [-0.05, 0) is 45.9 Å². The van der Waals surface area contributed by atoms with E-state index in [4.69, 9.17) is 4.42 Å². The quantitative estimate of drug-likeness (QED) is 0.886. The zero-order chi connectivity index (χ0) is 19.6. The van der Waals surface area contributed by atoms with E-state index in [0.717, 1.165) is 5.69 Å². The number of nitrogens with one attached hydrogen (secondary N) is 1. The second-order valence-electron chi connectivity index (χ2n) is 7.66. The summed E-state index contributed by atoms with van der Waals surface area (Å²) in [4.78, 5) is 37.5. The van der Waals surface area contributed by atoms with Gasteiger partial charge >= 0.3 is 0 Å². The lowest BCUT2D eigenvalue weighted by molar-refractivity contribution is 0.0714. The normalized spacial score (nSPS) is 15.0. The van der Waals surface area contributed by atoms with Crippen molar-refractivity contribution in [2.45, 2.75) is 33.2 Å². The number of nitrogens with zero attached hydrogens (tertiary/aromatic N) is 4. The lowest BCUT2D eigenvalue weighted by Gasteiger charge is -2.34. The molecule has 0 spiro atoms. The maximum atomic E-state index is 12.4. The summed E-state index contributed by atoms with van der Waals surface area (Å²) in [5, 5.41) is 2.92. The SMILES string of the molecule is Cc1cc(C(=O)NC(C)(C)C)nc(N2CCN(C(=O)c3ccco3)CC2)n1. The van der Waals surface area contributed by atoms with Gasteiger partial charge in [0.15, 0.2) is 5.76 Å². The highest BCUT2D eigenvalue weighted by atomic mass is 16.3. The van der Waals surface area contributed by atoms with Gasteiger partial charge in [-0.2, -0.15) is 0 Å². The summed E-state index contributed by atoms with van der Waals surface area (Å²) < 4.78 is 5.18. The Morgan fingerprint density at radius 3 is 2.44 bits per heavy atom. The number of carbonyl (C=O) groups is 2. The fourth-order valence-electron chi connectivity index (χ4n) is 2.88. The van der Waals surface area contributed by atoms with Crippen LogP contribution in [0.25, 0.3) is 0 Å². The van der Waals surface area contributed by atoms with E-state index in [1.165, 1.54) is 6.26 Å². The maximum absolute atomic E-state index is 12.4. The third-order valence-corrected chi connectivity index (χ3v) is 4.15. The molecule has 144 valence electrons. The first kappa shape index (κ1) is 18.9. The van der Waals surface area contributed by atoms with Crippen LogP contribution in [-0.2, 0) is 0 Å². The average Bonchev–Trinajstić information content (AvgIpc) is 3.14. The van der Waals surface area contributed by atoms with Crippen LogP contribution in [0.4, 0.5) is 5.95 Å². The van der Waals surface area contributed by atoms with Crippen LogP contribution in [0.2, 0.25) is 0 Å². The molecule has 8 heteroatoms. The zero-order valence-corrected chi connectivity index (χ0v) is 16.2. The van der Waals surface area contributed by atoms with E-state index >= 15 is 0 Å². The molecule has 1 saturated heterocycles. The topological polar surface area (TPSA) is 91.6 Å². The summed E-state index contributed by atoms with van der Waals surface area (Å²) in [6.07, 6.45) is 1.49. The van der Waals surface area contributed by atoms with E-state index in [-0.39, 0.29) is 17.4 Å². The molecule has 0 aliphatic carbocycles. The van der Waals surface area contributed by atoms with Gasteiger partial charge in [0.05, 0.1) is 6.26 Å². The number of rotatable bonds is 3. The Kier molecular flexibility index (Phi) is 5.16. The summed E-state index contributed by atoms with van der Waals surface area (Å²) in [6, 6.07) is 5.05. The Hall–Kier alpha value is -2.90. The molecule has 2 amide bonds. The highest BCUT2D eigenvalue weighted by Gasteiger charge is 2.26. The molecule has 1 fully saturated rings. The van der Waals surface area contributed by atoms with E-state index in [9.17, 15) is 9.59 Å². The third-order valence-electron chi connectivity index (χ3n) is 4.15. The van der Waals surface area contributed by atoms with Gasteiger partial charge in [0.2, 0.25) is 5.95 Å². The highest BCUT2D eigenvalue weighted by Crippen LogP contribution is 2.16. The van der Waals surface area contributed by atoms with Crippen molar-refractivity contribution in [1.82, 2.24) is 20.2 Å². The van der Waals surface area contributed by atoms with E-state index in [1.807, 2.05) is 32.6 Å². The predicted octanol–water partition coefficient (Wildman–Crippen LogP) is 1.87. The average molecular weight is 371 g/mol. The van der Waals surface area contributed by atoms with Gasteiger partial charge in [-0.1, -0.05) is 0 Å². The molecule has 3 heterocycles. The summed E-state index contributed by atoms with van der Waals surface area (Å²) in [5.74, 6) is 0.520. The van der Waals surface area contributed by atoms with E-state index in [2.05, 4.69) is 15.3 Å². The molecule has 1 aliphatic heterocycles. The minimum Gasteiger partial charge on any atom is -0.459 e. The molecule has 0 unspecified atom stereocenters. The van der Waals surface area contributed by atoms with Crippen LogP contribution in [-0.4, -0.2) is 58.4 Å². The number of piperazine rings is 1. The van der Waals surface area contributed by atoms with Crippen LogP contribution in [0.3, 0.4) is 0 Å². The first-order valence-corrected chi connectivity index (χ1v) is 8.99. The van der Waals surface area contributed by atoms with Gasteiger partial charge in [-0.3, -0.25) is 9.59 Å². The van der Waals surface area contributed by atoms with Crippen LogP contribution >= 0.6 is 0 Å². The van der Waals surface area contributed by atoms with Crippen LogP contribution < -0.4 is 10.2 Å². The molecule has 1 N–H and O–H groups in total. The minimum atomic E-state index is -0.339. The van der Waals surface area contributed by atoms with Gasteiger partial charge in [0.25, 0.3) is 11.8 Å². The van der Waals surface area contributed by atoms with E-state index in [0.29, 0.717) is 43.6 Å². The monoisotopic (exact) mass is 371 g/mol. The molecule has 0 atom stereocenters. The molecule has 8 nitrogen and oxygen atoms in total. The number of furan rings is 1. The van der Waals surface area contributed by atoms with Gasteiger partial charge in [0.1, 0.15) is 5.69 Å². The van der Waals surface area contributed by atoms with Crippen molar-refractivity contribution in [3.8, 4) is 0 Å². The van der Waals surface area contributed by atoms with Crippen LogP contribution in [0.15, 0.2) is 28.9 Å². The standard InChI is InChI=1S/C19H25N5O3/c1-13-12-14(16(25)22-19(2,3)4)21-18(20-13)24-9-7-23(8-10-24)17(26)15-6-5-11-27-15/h5-6,11-12H,7-10H2,1-4H3,(H,22,25).